The van der Waals surface area contributed by atoms with Gasteiger partial charge in [0, 0.05) is 0 Å². The van der Waals surface area contributed by atoms with Gasteiger partial charge in [-0.15, -0.1) is 0 Å². The van der Waals surface area contributed by atoms with Crippen LogP contribution in [0.2, 0.25) is 0 Å². The summed E-state index contributed by atoms with van der Waals surface area (Å²) >= 11 is 0. The summed E-state index contributed by atoms with van der Waals surface area (Å²) in [4.78, 5) is 0. The number of fused-ring (bicyclic) bond motifs is 3. The fraction of sp³-hybridized carbons (Fsp3) is 1.00. The van der Waals surface area contributed by atoms with E-state index in [4.69, 9.17) is 0 Å². The van der Waals surface area contributed by atoms with Crippen LogP contribution < -0.4 is 0 Å². The molecule has 0 aromatic rings. The molecule has 0 heteroatoms. The zero-order valence-corrected chi connectivity index (χ0v) is 14.4. The molecule has 0 nitrogen and oxygen atoms in total. The average molecular weight is 289 g/mol. The van der Waals surface area contributed by atoms with Crippen LogP contribution in [0.15, 0.2) is 0 Å². The van der Waals surface area contributed by atoms with Crippen LogP contribution in [0.3, 0.4) is 0 Å². The van der Waals surface area contributed by atoms with Crippen LogP contribution in [0, 0.1) is 40.9 Å². The summed E-state index contributed by atoms with van der Waals surface area (Å²) in [6, 6.07) is 0. The number of hydrogen-bond donors (Lipinski definition) is 0. The van der Waals surface area contributed by atoms with Gasteiger partial charge in [0.1, 0.15) is 0 Å². The Balaban J connectivity index is 1.59. The lowest BCUT2D eigenvalue weighted by Crippen LogP contribution is -2.42. The van der Waals surface area contributed by atoms with Gasteiger partial charge in [-0.25, -0.2) is 0 Å². The first-order chi connectivity index (χ1) is 10.2. The second-order valence-corrected chi connectivity index (χ2v) is 9.72. The normalized spacial score (nSPS) is 49.4. The van der Waals surface area contributed by atoms with E-state index in [-0.39, 0.29) is 0 Å². The summed E-state index contributed by atoms with van der Waals surface area (Å²) in [5, 5.41) is 0. The Kier molecular flexibility index (Phi) is 3.87. The van der Waals surface area contributed by atoms with Crippen LogP contribution in [0.25, 0.3) is 0 Å². The summed E-state index contributed by atoms with van der Waals surface area (Å²) in [5.41, 5.74) is 0.636. The monoisotopic (exact) mass is 288 g/mol. The molecular formula is C21H36. The Morgan fingerprint density at radius 2 is 1.38 bits per heavy atom. The van der Waals surface area contributed by atoms with Crippen LogP contribution in [0.1, 0.15) is 90.9 Å². The minimum Gasteiger partial charge on any atom is -0.0596 e. The molecule has 4 saturated carbocycles. The van der Waals surface area contributed by atoms with Gasteiger partial charge in [-0.1, -0.05) is 58.8 Å². The quantitative estimate of drug-likeness (QED) is 0.520. The van der Waals surface area contributed by atoms with Gasteiger partial charge in [0.05, 0.1) is 0 Å². The van der Waals surface area contributed by atoms with Crippen molar-refractivity contribution in [3.63, 3.8) is 0 Å². The van der Waals surface area contributed by atoms with Crippen LogP contribution in [-0.2, 0) is 0 Å². The standard InChI is InChI=1S/C21H36/c1-21(2)13-6-5-12-19(21)18-11-7-9-16-14-15-8-3-4-10-17(15)20(16)18/h15-20H,3-14H2,1-2H3. The van der Waals surface area contributed by atoms with Gasteiger partial charge in [-0.05, 0) is 73.0 Å². The fourth-order valence-electron chi connectivity index (χ4n) is 7.50. The van der Waals surface area contributed by atoms with Crippen molar-refractivity contribution in [3.05, 3.63) is 0 Å². The molecule has 4 rings (SSSR count). The Hall–Kier alpha value is 0. The lowest BCUT2D eigenvalue weighted by Gasteiger charge is -2.50. The number of rotatable bonds is 1. The molecule has 4 aliphatic carbocycles. The van der Waals surface area contributed by atoms with Crippen molar-refractivity contribution in [2.75, 3.05) is 0 Å². The van der Waals surface area contributed by atoms with Gasteiger partial charge in [0.15, 0.2) is 0 Å². The zero-order chi connectivity index (χ0) is 14.4. The third-order valence-electron chi connectivity index (χ3n) is 8.33. The van der Waals surface area contributed by atoms with E-state index in [0.29, 0.717) is 5.41 Å². The molecule has 0 radical (unpaired) electrons. The maximum atomic E-state index is 2.60. The molecule has 0 aromatic carbocycles. The van der Waals surface area contributed by atoms with Crippen molar-refractivity contribution >= 4 is 0 Å². The van der Waals surface area contributed by atoms with E-state index in [1.54, 1.807) is 57.8 Å². The van der Waals surface area contributed by atoms with E-state index in [2.05, 4.69) is 13.8 Å². The van der Waals surface area contributed by atoms with Gasteiger partial charge in [0.25, 0.3) is 0 Å². The van der Waals surface area contributed by atoms with Gasteiger partial charge >= 0.3 is 0 Å². The van der Waals surface area contributed by atoms with Crippen molar-refractivity contribution < 1.29 is 0 Å². The second-order valence-electron chi connectivity index (χ2n) is 9.72. The maximum absolute atomic E-state index is 2.60. The summed E-state index contributed by atoms with van der Waals surface area (Å²) in [6.45, 7) is 5.21. The lowest BCUT2D eigenvalue weighted by molar-refractivity contribution is -0.00465. The molecule has 4 aliphatic rings. The highest BCUT2D eigenvalue weighted by atomic mass is 14.6. The Labute approximate surface area is 132 Å². The van der Waals surface area contributed by atoms with E-state index >= 15 is 0 Å². The molecule has 0 heterocycles. The highest BCUT2D eigenvalue weighted by Crippen LogP contribution is 2.60. The predicted molar refractivity (Wildman–Crippen MR) is 90.1 cm³/mol. The van der Waals surface area contributed by atoms with Gasteiger partial charge in [0.2, 0.25) is 0 Å². The van der Waals surface area contributed by atoms with E-state index in [1.165, 1.54) is 19.3 Å². The fourth-order valence-corrected chi connectivity index (χ4v) is 7.50. The van der Waals surface area contributed by atoms with Crippen molar-refractivity contribution in [2.24, 2.45) is 40.9 Å². The third kappa shape index (κ3) is 2.49. The SMILES string of the molecule is CC1(C)CCCCC1C1CCCC2CC3CCCCC3C21. The van der Waals surface area contributed by atoms with Crippen LogP contribution in [0.5, 0.6) is 0 Å². The lowest BCUT2D eigenvalue weighted by atomic mass is 9.55. The smallest absolute Gasteiger partial charge is 0.0323 e. The number of hydrogen-bond acceptors (Lipinski definition) is 0. The summed E-state index contributed by atoms with van der Waals surface area (Å²) in [5.74, 6) is 6.72. The van der Waals surface area contributed by atoms with Crippen molar-refractivity contribution in [1.29, 1.82) is 0 Å². The van der Waals surface area contributed by atoms with Gasteiger partial charge in [-0.2, -0.15) is 0 Å². The van der Waals surface area contributed by atoms with Crippen LogP contribution >= 0.6 is 0 Å². The molecule has 0 saturated heterocycles. The Morgan fingerprint density at radius 3 is 2.24 bits per heavy atom. The first-order valence-electron chi connectivity index (χ1n) is 10.2. The highest BCUT2D eigenvalue weighted by molar-refractivity contribution is 5.01. The largest absolute Gasteiger partial charge is 0.0596 e. The van der Waals surface area contributed by atoms with E-state index < -0.39 is 0 Å². The first kappa shape index (κ1) is 14.6. The van der Waals surface area contributed by atoms with Crippen molar-refractivity contribution in [2.45, 2.75) is 90.9 Å². The second kappa shape index (κ2) is 5.57. The Bertz CT molecular complexity index is 368. The molecule has 0 aromatic heterocycles. The summed E-state index contributed by atoms with van der Waals surface area (Å²) < 4.78 is 0. The molecule has 21 heavy (non-hydrogen) atoms. The molecule has 4 fully saturated rings. The maximum Gasteiger partial charge on any atom is -0.0323 e. The van der Waals surface area contributed by atoms with Gasteiger partial charge in [-0.3, -0.25) is 0 Å². The molecule has 0 spiro atoms. The topological polar surface area (TPSA) is 0 Å². The molecule has 0 bridgehead atoms. The van der Waals surface area contributed by atoms with Crippen LogP contribution in [-0.4, -0.2) is 0 Å². The molecule has 120 valence electrons. The zero-order valence-electron chi connectivity index (χ0n) is 14.4. The van der Waals surface area contributed by atoms with Gasteiger partial charge < -0.3 is 0 Å². The molecule has 0 N–H and O–H groups in total. The minimum absolute atomic E-state index is 0.636. The summed E-state index contributed by atoms with van der Waals surface area (Å²) in [6.07, 6.45) is 18.7. The van der Waals surface area contributed by atoms with E-state index in [9.17, 15) is 0 Å². The van der Waals surface area contributed by atoms with Crippen LogP contribution in [0.4, 0.5) is 0 Å². The molecule has 6 unspecified atom stereocenters. The molecule has 0 aliphatic heterocycles. The average Bonchev–Trinajstić information content (AvgIpc) is 2.85. The Morgan fingerprint density at radius 1 is 0.667 bits per heavy atom. The van der Waals surface area contributed by atoms with E-state index in [1.807, 2.05) is 0 Å². The first-order valence-corrected chi connectivity index (χ1v) is 10.2. The summed E-state index contributed by atoms with van der Waals surface area (Å²) in [7, 11) is 0. The third-order valence-corrected chi connectivity index (χ3v) is 8.33. The molecule has 0 amide bonds. The predicted octanol–water partition coefficient (Wildman–Crippen LogP) is 6.45. The van der Waals surface area contributed by atoms with E-state index in [0.717, 1.165) is 35.5 Å². The van der Waals surface area contributed by atoms with Crippen molar-refractivity contribution in [3.8, 4) is 0 Å². The molecular weight excluding hydrogens is 252 g/mol. The van der Waals surface area contributed by atoms with Crippen molar-refractivity contribution in [1.82, 2.24) is 0 Å². The molecule has 6 atom stereocenters. The highest BCUT2D eigenvalue weighted by Gasteiger charge is 2.52. The minimum atomic E-state index is 0.636.